The van der Waals surface area contributed by atoms with Gasteiger partial charge in [0.25, 0.3) is 0 Å². The molecule has 0 N–H and O–H groups in total. The Kier molecular flexibility index (Phi) is 8.16. The first-order chi connectivity index (χ1) is 26.2. The van der Waals surface area contributed by atoms with Gasteiger partial charge in [-0.1, -0.05) is 61.2 Å². The highest BCUT2D eigenvalue weighted by molar-refractivity contribution is 6.11. The van der Waals surface area contributed by atoms with Crippen LogP contribution in [0.4, 0.5) is 52.7 Å². The molecule has 0 aliphatic rings. The number of alkyl halides is 12. The lowest BCUT2D eigenvalue weighted by Gasteiger charge is -2.18. The van der Waals surface area contributed by atoms with E-state index in [2.05, 4.69) is 6.58 Å². The third-order valence-electron chi connectivity index (χ3n) is 9.73. The van der Waals surface area contributed by atoms with Crippen molar-refractivity contribution in [1.82, 2.24) is 9.13 Å². The van der Waals surface area contributed by atoms with Gasteiger partial charge in [0.1, 0.15) is 0 Å². The lowest BCUT2D eigenvalue weighted by molar-refractivity contribution is -0.138. The van der Waals surface area contributed by atoms with Crippen LogP contribution >= 0.6 is 0 Å². The SMILES string of the molecule is C=C(c1ccccc1)c1cc(-n2c3cc(C(F)(F)F)ccc3c3ccc(C(F)(F)F)cc32)cc(-n2c3cc(C(F)(F)F)ccc3c3ccc(C(F)(F)F)cc32)c1. The second-order valence-electron chi connectivity index (χ2n) is 13.2. The van der Waals surface area contributed by atoms with Crippen LogP contribution in [0.5, 0.6) is 0 Å². The number of aromatic nitrogens is 2. The standard InChI is InChI=1S/C42H22F12N2/c1-22(23-5-3-2-4-6-23)24-15-29(55-35-17-25(39(43,44)45)7-11-31(35)32-12-8-26(18-36(32)55)40(46,47)48)21-30(16-24)56-37-19-27(41(49,50)51)9-13-33(37)34-14-10-28(20-38(34)56)42(52,53)54/h2-21H,1H2. The first-order valence-electron chi connectivity index (χ1n) is 16.6. The summed E-state index contributed by atoms with van der Waals surface area (Å²) in [5.41, 5.74) is -4.19. The highest BCUT2D eigenvalue weighted by Crippen LogP contribution is 2.43. The second-order valence-corrected chi connectivity index (χ2v) is 13.2. The van der Waals surface area contributed by atoms with Gasteiger partial charge >= 0.3 is 24.7 Å². The molecule has 0 aliphatic carbocycles. The Hall–Kier alpha value is -6.18. The third kappa shape index (κ3) is 6.22. The van der Waals surface area contributed by atoms with Gasteiger partial charge in [-0.25, -0.2) is 0 Å². The monoisotopic (exact) mass is 782 g/mol. The smallest absolute Gasteiger partial charge is 0.309 e. The summed E-state index contributed by atoms with van der Waals surface area (Å²) in [6, 6.07) is 23.3. The molecule has 0 saturated carbocycles. The minimum atomic E-state index is -4.86. The molecule has 8 aromatic rings. The number of hydrogen-bond donors (Lipinski definition) is 0. The number of benzene rings is 6. The van der Waals surface area contributed by atoms with Gasteiger partial charge in [0.05, 0.1) is 44.3 Å². The summed E-state index contributed by atoms with van der Waals surface area (Å²) in [5.74, 6) is 0. The molecule has 2 aromatic heterocycles. The van der Waals surface area contributed by atoms with Gasteiger partial charge in [0, 0.05) is 32.9 Å². The van der Waals surface area contributed by atoms with Crippen LogP contribution in [0, 0.1) is 0 Å². The molecule has 8 rings (SSSR count). The number of hydrogen-bond acceptors (Lipinski definition) is 0. The summed E-state index contributed by atoms with van der Waals surface area (Å²) < 4.78 is 172. The molecule has 6 aromatic carbocycles. The van der Waals surface area contributed by atoms with Crippen LogP contribution in [0.15, 0.2) is 128 Å². The summed E-state index contributed by atoms with van der Waals surface area (Å²) in [6.07, 6.45) is -19.5. The predicted molar refractivity (Wildman–Crippen MR) is 190 cm³/mol. The van der Waals surface area contributed by atoms with Crippen molar-refractivity contribution in [3.05, 3.63) is 161 Å². The summed E-state index contributed by atoms with van der Waals surface area (Å²) in [6.45, 7) is 4.16. The average Bonchev–Trinajstić information content (AvgIpc) is 3.64. The van der Waals surface area contributed by atoms with E-state index in [0.717, 1.165) is 81.9 Å². The Morgan fingerprint density at radius 3 is 0.946 bits per heavy atom. The molecule has 14 heteroatoms. The van der Waals surface area contributed by atoms with E-state index in [-0.39, 0.29) is 66.1 Å². The van der Waals surface area contributed by atoms with Gasteiger partial charge < -0.3 is 9.13 Å². The van der Waals surface area contributed by atoms with Crippen LogP contribution in [0.1, 0.15) is 33.4 Å². The van der Waals surface area contributed by atoms with Gasteiger partial charge in [0.2, 0.25) is 0 Å². The molecule has 0 spiro atoms. The normalized spacial score (nSPS) is 13.1. The van der Waals surface area contributed by atoms with E-state index < -0.39 is 47.0 Å². The lowest BCUT2D eigenvalue weighted by atomic mass is 9.98. The second kappa shape index (κ2) is 12.4. The Morgan fingerprint density at radius 1 is 0.357 bits per heavy atom. The highest BCUT2D eigenvalue weighted by atomic mass is 19.4. The Morgan fingerprint density at radius 2 is 0.661 bits per heavy atom. The zero-order chi connectivity index (χ0) is 40.1. The lowest BCUT2D eigenvalue weighted by Crippen LogP contribution is -2.07. The zero-order valence-corrected chi connectivity index (χ0v) is 28.2. The Labute approximate surface area is 308 Å². The maximum absolute atomic E-state index is 14.1. The fraction of sp³-hybridized carbons (Fsp3) is 0.0952. The average molecular weight is 783 g/mol. The Bertz CT molecular complexity index is 2560. The van der Waals surface area contributed by atoms with E-state index in [0.29, 0.717) is 5.56 Å². The first-order valence-corrected chi connectivity index (χ1v) is 16.6. The van der Waals surface area contributed by atoms with Crippen LogP contribution < -0.4 is 0 Å². The quantitative estimate of drug-likeness (QED) is 0.157. The van der Waals surface area contributed by atoms with E-state index >= 15 is 0 Å². The van der Waals surface area contributed by atoms with Crippen molar-refractivity contribution in [2.45, 2.75) is 24.7 Å². The fourth-order valence-electron chi connectivity index (χ4n) is 7.13. The largest absolute Gasteiger partial charge is 0.416 e. The van der Waals surface area contributed by atoms with Crippen molar-refractivity contribution in [2.75, 3.05) is 0 Å². The number of fused-ring (bicyclic) bond motifs is 6. The van der Waals surface area contributed by atoms with Crippen LogP contribution in [-0.2, 0) is 24.7 Å². The maximum atomic E-state index is 14.1. The van der Waals surface area contributed by atoms with Crippen molar-refractivity contribution in [2.24, 2.45) is 0 Å². The summed E-state index contributed by atoms with van der Waals surface area (Å²) in [7, 11) is 0. The number of halogens is 12. The van der Waals surface area contributed by atoms with E-state index in [1.807, 2.05) is 0 Å². The van der Waals surface area contributed by atoms with Crippen molar-refractivity contribution in [1.29, 1.82) is 0 Å². The topological polar surface area (TPSA) is 9.86 Å². The Balaban J connectivity index is 1.54. The molecule has 0 bridgehead atoms. The molecule has 2 heterocycles. The molecule has 284 valence electrons. The summed E-state index contributed by atoms with van der Waals surface area (Å²) >= 11 is 0. The predicted octanol–water partition coefficient (Wildman–Crippen LogP) is 14.0. The van der Waals surface area contributed by atoms with Crippen LogP contribution in [0.25, 0.3) is 60.6 Å². The van der Waals surface area contributed by atoms with Gasteiger partial charge in [-0.05, 0) is 83.4 Å². The van der Waals surface area contributed by atoms with Gasteiger partial charge in [-0.15, -0.1) is 0 Å². The number of rotatable bonds is 4. The highest BCUT2D eigenvalue weighted by Gasteiger charge is 2.35. The van der Waals surface area contributed by atoms with Gasteiger partial charge in [0.15, 0.2) is 0 Å². The molecule has 0 unspecified atom stereocenters. The molecule has 56 heavy (non-hydrogen) atoms. The van der Waals surface area contributed by atoms with E-state index in [9.17, 15) is 52.7 Å². The molecule has 0 atom stereocenters. The fourth-order valence-corrected chi connectivity index (χ4v) is 7.13. The van der Waals surface area contributed by atoms with E-state index in [4.69, 9.17) is 0 Å². The molecule has 2 nitrogen and oxygen atoms in total. The zero-order valence-electron chi connectivity index (χ0n) is 28.2. The molecular weight excluding hydrogens is 760 g/mol. The molecular formula is C42H22F12N2. The van der Waals surface area contributed by atoms with Crippen molar-refractivity contribution < 1.29 is 52.7 Å². The third-order valence-corrected chi connectivity index (χ3v) is 9.73. The molecule has 0 radical (unpaired) electrons. The minimum Gasteiger partial charge on any atom is -0.309 e. The molecule has 0 saturated heterocycles. The maximum Gasteiger partial charge on any atom is 0.416 e. The van der Waals surface area contributed by atoms with Crippen LogP contribution in [-0.4, -0.2) is 9.13 Å². The van der Waals surface area contributed by atoms with Crippen molar-refractivity contribution >= 4 is 49.2 Å². The summed E-state index contributed by atoms with van der Waals surface area (Å²) in [4.78, 5) is 0. The van der Waals surface area contributed by atoms with Crippen molar-refractivity contribution in [3.8, 4) is 11.4 Å². The minimum absolute atomic E-state index is 0.0535. The van der Waals surface area contributed by atoms with Gasteiger partial charge in [-0.2, -0.15) is 52.7 Å². The molecule has 0 fully saturated rings. The van der Waals surface area contributed by atoms with Crippen molar-refractivity contribution in [3.63, 3.8) is 0 Å². The summed E-state index contributed by atoms with van der Waals surface area (Å²) in [5, 5.41) is 0.600. The van der Waals surface area contributed by atoms with E-state index in [1.54, 1.807) is 30.3 Å². The van der Waals surface area contributed by atoms with Gasteiger partial charge in [-0.3, -0.25) is 0 Å². The van der Waals surface area contributed by atoms with Crippen LogP contribution in [0.3, 0.4) is 0 Å². The first kappa shape index (κ1) is 36.8. The molecule has 0 amide bonds. The molecule has 0 aliphatic heterocycles. The number of nitrogens with zero attached hydrogens (tertiary/aromatic N) is 2. The van der Waals surface area contributed by atoms with E-state index in [1.165, 1.54) is 18.2 Å². The van der Waals surface area contributed by atoms with Crippen LogP contribution in [0.2, 0.25) is 0 Å².